The Morgan fingerprint density at radius 3 is 2.79 bits per heavy atom. The van der Waals surface area contributed by atoms with Crippen LogP contribution in [0.1, 0.15) is 18.1 Å². The molecule has 1 unspecified atom stereocenters. The zero-order valence-corrected chi connectivity index (χ0v) is 11.5. The Morgan fingerprint density at radius 1 is 1.47 bits per heavy atom. The molecule has 1 heterocycles. The lowest BCUT2D eigenvalue weighted by Gasteiger charge is -2.37. The molecule has 1 aliphatic rings. The van der Waals surface area contributed by atoms with E-state index in [9.17, 15) is 4.39 Å². The lowest BCUT2D eigenvalue weighted by atomic mass is 10.1. The number of hydrogen-bond acceptors (Lipinski definition) is 3. The molecular weight excluding hydrogens is 243 g/mol. The summed E-state index contributed by atoms with van der Waals surface area (Å²) in [5, 5.41) is 7.30. The molecule has 1 aromatic carbocycles. The molecule has 3 N–H and O–H groups in total. The highest BCUT2D eigenvalue weighted by molar-refractivity contribution is 5.94. The van der Waals surface area contributed by atoms with Gasteiger partial charge in [0.15, 0.2) is 0 Å². The molecule has 19 heavy (non-hydrogen) atoms. The third kappa shape index (κ3) is 3.30. The fourth-order valence-corrected chi connectivity index (χ4v) is 2.35. The van der Waals surface area contributed by atoms with Crippen molar-refractivity contribution in [3.8, 4) is 0 Å². The van der Waals surface area contributed by atoms with Gasteiger partial charge in [-0.25, -0.2) is 4.39 Å². The summed E-state index contributed by atoms with van der Waals surface area (Å²) in [5.41, 5.74) is 6.46. The highest BCUT2D eigenvalue weighted by Gasteiger charge is 2.21. The van der Waals surface area contributed by atoms with Crippen LogP contribution in [0, 0.1) is 11.2 Å². The first-order valence-electron chi connectivity index (χ1n) is 6.53. The largest absolute Gasteiger partial charge is 0.384 e. The number of hydrogen-bond donors (Lipinski definition) is 2. The van der Waals surface area contributed by atoms with Crippen LogP contribution >= 0.6 is 0 Å². The summed E-state index contributed by atoms with van der Waals surface area (Å²) in [6.07, 6.45) is 0. The molecule has 1 aromatic rings. The van der Waals surface area contributed by atoms with E-state index in [1.54, 1.807) is 12.1 Å². The molecule has 0 aliphatic carbocycles. The van der Waals surface area contributed by atoms with Gasteiger partial charge < -0.3 is 10.6 Å². The van der Waals surface area contributed by atoms with E-state index in [1.807, 2.05) is 0 Å². The van der Waals surface area contributed by atoms with Crippen LogP contribution in [0.5, 0.6) is 0 Å². The van der Waals surface area contributed by atoms with Gasteiger partial charge in [-0.3, -0.25) is 10.3 Å². The molecule has 104 valence electrons. The molecule has 1 saturated heterocycles. The highest BCUT2D eigenvalue weighted by atomic mass is 19.1. The van der Waals surface area contributed by atoms with E-state index in [0.29, 0.717) is 23.7 Å². The number of halogens is 1. The van der Waals surface area contributed by atoms with Crippen LogP contribution < -0.4 is 5.73 Å². The maximum atomic E-state index is 13.9. The Bertz CT molecular complexity index is 475. The van der Waals surface area contributed by atoms with Crippen LogP contribution in [0.25, 0.3) is 0 Å². The maximum absolute atomic E-state index is 13.9. The van der Waals surface area contributed by atoms with Crippen molar-refractivity contribution in [3.05, 3.63) is 35.1 Å². The molecule has 1 atom stereocenters. The summed E-state index contributed by atoms with van der Waals surface area (Å²) in [5.74, 6) is -0.377. The smallest absolute Gasteiger partial charge is 0.128 e. The number of nitrogens with zero attached hydrogens (tertiary/aromatic N) is 2. The van der Waals surface area contributed by atoms with Gasteiger partial charge in [-0.15, -0.1) is 0 Å². The predicted octanol–water partition coefficient (Wildman–Crippen LogP) is 1.25. The van der Waals surface area contributed by atoms with Gasteiger partial charge in [0.2, 0.25) is 0 Å². The number of nitrogens with two attached hydrogens (primary N) is 1. The minimum absolute atomic E-state index is 0.0985. The minimum atomic E-state index is -0.278. The topological polar surface area (TPSA) is 56.4 Å². The Kier molecular flexibility index (Phi) is 4.17. The number of nitrogen functional groups attached to an aromatic ring is 1. The summed E-state index contributed by atoms with van der Waals surface area (Å²) in [6, 6.07) is 5.28. The third-order valence-corrected chi connectivity index (χ3v) is 3.80. The van der Waals surface area contributed by atoms with Crippen molar-refractivity contribution in [2.75, 3.05) is 26.7 Å². The van der Waals surface area contributed by atoms with Gasteiger partial charge in [0.05, 0.1) is 0 Å². The Labute approximate surface area is 113 Å². The summed E-state index contributed by atoms with van der Waals surface area (Å²) < 4.78 is 13.9. The van der Waals surface area contributed by atoms with Crippen molar-refractivity contribution < 1.29 is 4.39 Å². The molecular formula is C14H21FN4. The molecule has 2 rings (SSSR count). The van der Waals surface area contributed by atoms with Crippen LogP contribution in [0.3, 0.4) is 0 Å². The number of rotatable bonds is 3. The number of likely N-dealkylation sites (N-methyl/N-ethyl adjacent to an activating group) is 1. The second kappa shape index (κ2) is 5.67. The number of amidine groups is 1. The molecule has 5 heteroatoms. The fraction of sp³-hybridized carbons (Fsp3) is 0.500. The predicted molar refractivity (Wildman–Crippen MR) is 74.8 cm³/mol. The van der Waals surface area contributed by atoms with Crippen molar-refractivity contribution in [2.45, 2.75) is 19.5 Å². The van der Waals surface area contributed by atoms with Crippen molar-refractivity contribution >= 4 is 5.84 Å². The second-order valence-electron chi connectivity index (χ2n) is 5.28. The zero-order chi connectivity index (χ0) is 14.0. The van der Waals surface area contributed by atoms with Crippen LogP contribution in [0.2, 0.25) is 0 Å². The lowest BCUT2D eigenvalue weighted by molar-refractivity contribution is 0.0991. The molecule has 0 radical (unpaired) electrons. The molecule has 0 amide bonds. The summed E-state index contributed by atoms with van der Waals surface area (Å²) in [6.45, 7) is 5.71. The van der Waals surface area contributed by atoms with Gasteiger partial charge >= 0.3 is 0 Å². The van der Waals surface area contributed by atoms with Gasteiger partial charge in [-0.05, 0) is 20.0 Å². The van der Waals surface area contributed by atoms with Gasteiger partial charge in [0, 0.05) is 43.3 Å². The van der Waals surface area contributed by atoms with E-state index in [-0.39, 0.29) is 11.7 Å². The van der Waals surface area contributed by atoms with E-state index >= 15 is 0 Å². The van der Waals surface area contributed by atoms with E-state index in [0.717, 1.165) is 19.6 Å². The molecule has 0 spiro atoms. The Morgan fingerprint density at radius 2 is 2.21 bits per heavy atom. The first-order chi connectivity index (χ1) is 8.97. The lowest BCUT2D eigenvalue weighted by Crippen LogP contribution is -2.49. The minimum Gasteiger partial charge on any atom is -0.384 e. The normalized spacial score (nSPS) is 21.5. The van der Waals surface area contributed by atoms with Crippen molar-refractivity contribution in [2.24, 2.45) is 5.73 Å². The Hall–Kier alpha value is -1.46. The SMILES string of the molecule is CC1CN(Cc2ccc(C(=N)N)cc2F)CCN1C. The standard InChI is InChI=1S/C14H21FN4/c1-10-8-19(6-5-18(10)2)9-12-4-3-11(14(16)17)7-13(12)15/h3-4,7,10H,5-6,8-9H2,1-2H3,(H3,16,17). The third-order valence-electron chi connectivity index (χ3n) is 3.80. The molecule has 1 aliphatic heterocycles. The van der Waals surface area contributed by atoms with Crippen LogP contribution in [0.15, 0.2) is 18.2 Å². The first-order valence-corrected chi connectivity index (χ1v) is 6.53. The number of benzene rings is 1. The molecule has 4 nitrogen and oxygen atoms in total. The van der Waals surface area contributed by atoms with Gasteiger partial charge in [-0.1, -0.05) is 12.1 Å². The number of piperazine rings is 1. The first kappa shape index (κ1) is 14.0. The fourth-order valence-electron chi connectivity index (χ4n) is 2.35. The Balaban J connectivity index is 2.05. The highest BCUT2D eigenvalue weighted by Crippen LogP contribution is 2.15. The average Bonchev–Trinajstić information content (AvgIpc) is 2.36. The summed E-state index contributed by atoms with van der Waals surface area (Å²) in [4.78, 5) is 4.57. The summed E-state index contributed by atoms with van der Waals surface area (Å²) >= 11 is 0. The quantitative estimate of drug-likeness (QED) is 0.638. The van der Waals surface area contributed by atoms with Crippen molar-refractivity contribution in [1.29, 1.82) is 5.41 Å². The monoisotopic (exact) mass is 264 g/mol. The van der Waals surface area contributed by atoms with Gasteiger partial charge in [0.25, 0.3) is 0 Å². The van der Waals surface area contributed by atoms with E-state index in [2.05, 4.69) is 23.8 Å². The molecule has 1 fully saturated rings. The van der Waals surface area contributed by atoms with Crippen LogP contribution in [-0.4, -0.2) is 48.4 Å². The van der Waals surface area contributed by atoms with Gasteiger partial charge in [0.1, 0.15) is 11.7 Å². The average molecular weight is 264 g/mol. The van der Waals surface area contributed by atoms with Crippen molar-refractivity contribution in [1.82, 2.24) is 9.80 Å². The molecule has 0 saturated carbocycles. The van der Waals surface area contributed by atoms with E-state index < -0.39 is 0 Å². The molecule has 0 aromatic heterocycles. The van der Waals surface area contributed by atoms with Gasteiger partial charge in [-0.2, -0.15) is 0 Å². The zero-order valence-electron chi connectivity index (χ0n) is 11.5. The maximum Gasteiger partial charge on any atom is 0.128 e. The van der Waals surface area contributed by atoms with Crippen molar-refractivity contribution in [3.63, 3.8) is 0 Å². The summed E-state index contributed by atoms with van der Waals surface area (Å²) in [7, 11) is 2.12. The number of nitrogens with one attached hydrogen (secondary N) is 1. The van der Waals surface area contributed by atoms with Crippen LogP contribution in [-0.2, 0) is 6.54 Å². The second-order valence-corrected chi connectivity index (χ2v) is 5.28. The molecule has 0 bridgehead atoms. The van der Waals surface area contributed by atoms with E-state index in [4.69, 9.17) is 11.1 Å². The van der Waals surface area contributed by atoms with Crippen LogP contribution in [0.4, 0.5) is 4.39 Å². The van der Waals surface area contributed by atoms with E-state index in [1.165, 1.54) is 6.07 Å².